The maximum absolute atomic E-state index is 10.5. The summed E-state index contributed by atoms with van der Waals surface area (Å²) in [6, 6.07) is 0. The van der Waals surface area contributed by atoms with E-state index in [1.165, 1.54) is 6.92 Å². The van der Waals surface area contributed by atoms with Crippen molar-refractivity contribution in [3.05, 3.63) is 0 Å². The van der Waals surface area contributed by atoms with Gasteiger partial charge in [0, 0.05) is 0 Å². The van der Waals surface area contributed by atoms with Gasteiger partial charge in [0.15, 0.2) is 0 Å². The lowest BCUT2D eigenvalue weighted by atomic mass is 10.3. The van der Waals surface area contributed by atoms with Crippen molar-refractivity contribution in [3.63, 3.8) is 0 Å². The standard InChI is InChI=1S/C6H7BrO4/c1-4(8)2-5(9)11-6(10)3-7/h2-3H2,1H3. The SMILES string of the molecule is CC(=O)CC(=O)OC(=O)CBr. The molecular formula is C6H7BrO4. The molecule has 5 heteroatoms. The molecule has 0 saturated heterocycles. The molecule has 0 radical (unpaired) electrons. The molecule has 0 amide bonds. The quantitative estimate of drug-likeness (QED) is 0.395. The summed E-state index contributed by atoms with van der Waals surface area (Å²) in [5.41, 5.74) is 0. The largest absolute Gasteiger partial charge is 0.392 e. The van der Waals surface area contributed by atoms with E-state index >= 15 is 0 Å². The predicted molar refractivity (Wildman–Crippen MR) is 40.2 cm³/mol. The number of hydrogen-bond acceptors (Lipinski definition) is 4. The lowest BCUT2D eigenvalue weighted by Gasteiger charge is -1.96. The Bertz CT molecular complexity index is 187. The number of carbonyl (C=O) groups excluding carboxylic acids is 3. The molecule has 0 bridgehead atoms. The molecule has 0 aromatic rings. The van der Waals surface area contributed by atoms with Crippen LogP contribution in [0.3, 0.4) is 0 Å². The molecule has 0 aliphatic heterocycles. The number of Topliss-reactive ketones (excluding diaryl/α,β-unsaturated/α-hetero) is 1. The van der Waals surface area contributed by atoms with Crippen LogP contribution in [0.4, 0.5) is 0 Å². The van der Waals surface area contributed by atoms with Gasteiger partial charge in [-0.05, 0) is 6.92 Å². The zero-order chi connectivity index (χ0) is 8.85. The number of alkyl halides is 1. The molecule has 11 heavy (non-hydrogen) atoms. The first-order valence-corrected chi connectivity index (χ1v) is 3.97. The van der Waals surface area contributed by atoms with Crippen LogP contribution in [0.15, 0.2) is 0 Å². The van der Waals surface area contributed by atoms with E-state index in [1.54, 1.807) is 0 Å². The van der Waals surface area contributed by atoms with Crippen molar-refractivity contribution in [3.8, 4) is 0 Å². The van der Waals surface area contributed by atoms with E-state index in [9.17, 15) is 14.4 Å². The summed E-state index contributed by atoms with van der Waals surface area (Å²) in [6.45, 7) is 1.25. The van der Waals surface area contributed by atoms with Crippen LogP contribution in [0.25, 0.3) is 0 Å². The van der Waals surface area contributed by atoms with Gasteiger partial charge in [0.05, 0.1) is 0 Å². The Balaban J connectivity index is 3.70. The Hall–Kier alpha value is -0.710. The van der Waals surface area contributed by atoms with E-state index in [4.69, 9.17) is 0 Å². The van der Waals surface area contributed by atoms with Gasteiger partial charge in [-0.3, -0.25) is 14.4 Å². The van der Waals surface area contributed by atoms with Crippen molar-refractivity contribution < 1.29 is 19.1 Å². The van der Waals surface area contributed by atoms with Gasteiger partial charge in [0.1, 0.15) is 17.5 Å². The van der Waals surface area contributed by atoms with Crippen LogP contribution in [-0.2, 0) is 19.1 Å². The molecule has 0 aliphatic rings. The van der Waals surface area contributed by atoms with Crippen molar-refractivity contribution in [1.29, 1.82) is 0 Å². The fourth-order valence-electron chi connectivity index (χ4n) is 0.394. The third kappa shape index (κ3) is 5.72. The molecule has 0 heterocycles. The monoisotopic (exact) mass is 222 g/mol. The van der Waals surface area contributed by atoms with Gasteiger partial charge in [-0.15, -0.1) is 0 Å². The fourth-order valence-corrected chi connectivity index (χ4v) is 0.508. The highest BCUT2D eigenvalue weighted by molar-refractivity contribution is 9.09. The summed E-state index contributed by atoms with van der Waals surface area (Å²) in [5.74, 6) is -1.81. The maximum Gasteiger partial charge on any atom is 0.324 e. The van der Waals surface area contributed by atoms with Gasteiger partial charge in [-0.1, -0.05) is 15.9 Å². The van der Waals surface area contributed by atoms with Gasteiger partial charge in [-0.25, -0.2) is 0 Å². The van der Waals surface area contributed by atoms with E-state index in [0.717, 1.165) is 0 Å². The average Bonchev–Trinajstić information content (AvgIpc) is 1.85. The fraction of sp³-hybridized carbons (Fsp3) is 0.500. The molecule has 4 nitrogen and oxygen atoms in total. The Morgan fingerprint density at radius 1 is 1.27 bits per heavy atom. The summed E-state index contributed by atoms with van der Waals surface area (Å²) in [5, 5.41) is -0.0450. The maximum atomic E-state index is 10.5. The number of ketones is 1. The van der Waals surface area contributed by atoms with Crippen LogP contribution in [0, 0.1) is 0 Å². The second kappa shape index (κ2) is 5.01. The highest BCUT2D eigenvalue weighted by atomic mass is 79.9. The molecule has 0 aromatic heterocycles. The first-order chi connectivity index (χ1) is 5.06. The van der Waals surface area contributed by atoms with Gasteiger partial charge < -0.3 is 4.74 Å². The van der Waals surface area contributed by atoms with E-state index < -0.39 is 11.9 Å². The van der Waals surface area contributed by atoms with Crippen LogP contribution in [0.2, 0.25) is 0 Å². The second-order valence-electron chi connectivity index (χ2n) is 1.86. The summed E-state index contributed by atoms with van der Waals surface area (Å²) in [6.07, 6.45) is -0.348. The molecule has 0 unspecified atom stereocenters. The Labute approximate surface area is 72.0 Å². The second-order valence-corrected chi connectivity index (χ2v) is 2.42. The minimum Gasteiger partial charge on any atom is -0.392 e. The van der Waals surface area contributed by atoms with Crippen molar-refractivity contribution in [1.82, 2.24) is 0 Å². The summed E-state index contributed by atoms with van der Waals surface area (Å²) >= 11 is 2.80. The molecule has 0 saturated carbocycles. The van der Waals surface area contributed by atoms with Crippen molar-refractivity contribution >= 4 is 33.7 Å². The lowest BCUT2D eigenvalue weighted by Crippen LogP contribution is -2.15. The van der Waals surface area contributed by atoms with Crippen LogP contribution in [0.5, 0.6) is 0 Å². The van der Waals surface area contributed by atoms with Crippen molar-refractivity contribution in [2.75, 3.05) is 5.33 Å². The zero-order valence-electron chi connectivity index (χ0n) is 5.93. The van der Waals surface area contributed by atoms with Crippen LogP contribution in [-0.4, -0.2) is 23.1 Å². The highest BCUT2D eigenvalue weighted by Gasteiger charge is 2.10. The summed E-state index contributed by atoms with van der Waals surface area (Å²) in [7, 11) is 0. The number of hydrogen-bond donors (Lipinski definition) is 0. The third-order valence-corrected chi connectivity index (χ3v) is 1.19. The highest BCUT2D eigenvalue weighted by Crippen LogP contribution is 1.91. The van der Waals surface area contributed by atoms with Crippen LogP contribution >= 0.6 is 15.9 Å². The molecule has 0 N–H and O–H groups in total. The Kier molecular flexibility index (Phi) is 4.69. The first kappa shape index (κ1) is 10.3. The van der Waals surface area contributed by atoms with Gasteiger partial charge in [0.25, 0.3) is 0 Å². The lowest BCUT2D eigenvalue weighted by molar-refractivity contribution is -0.158. The summed E-state index contributed by atoms with van der Waals surface area (Å²) < 4.78 is 4.16. The van der Waals surface area contributed by atoms with Crippen LogP contribution < -0.4 is 0 Å². The number of carbonyl (C=O) groups is 3. The normalized spacial score (nSPS) is 8.91. The molecule has 62 valence electrons. The molecule has 0 spiro atoms. The minimum absolute atomic E-state index is 0.0450. The molecule has 0 rings (SSSR count). The average molecular weight is 223 g/mol. The number of ether oxygens (including phenoxy) is 1. The van der Waals surface area contributed by atoms with Gasteiger partial charge in [0.2, 0.25) is 0 Å². The molecule has 0 aliphatic carbocycles. The predicted octanol–water partition coefficient (Wildman–Crippen LogP) is 0.430. The van der Waals surface area contributed by atoms with E-state index in [1.807, 2.05) is 0 Å². The third-order valence-electron chi connectivity index (χ3n) is 0.730. The smallest absolute Gasteiger partial charge is 0.324 e. The first-order valence-electron chi connectivity index (χ1n) is 2.85. The van der Waals surface area contributed by atoms with Gasteiger partial charge in [-0.2, -0.15) is 0 Å². The number of rotatable bonds is 3. The molecule has 0 fully saturated rings. The minimum atomic E-state index is -0.804. The topological polar surface area (TPSA) is 60.4 Å². The number of halogens is 1. The molecule has 0 aromatic carbocycles. The number of esters is 2. The summed E-state index contributed by atoms with van der Waals surface area (Å²) in [4.78, 5) is 31.2. The zero-order valence-corrected chi connectivity index (χ0v) is 7.51. The van der Waals surface area contributed by atoms with E-state index in [-0.39, 0.29) is 17.5 Å². The van der Waals surface area contributed by atoms with Crippen LogP contribution in [0.1, 0.15) is 13.3 Å². The van der Waals surface area contributed by atoms with Crippen molar-refractivity contribution in [2.45, 2.75) is 13.3 Å². The van der Waals surface area contributed by atoms with Gasteiger partial charge >= 0.3 is 11.9 Å². The molecular weight excluding hydrogens is 216 g/mol. The van der Waals surface area contributed by atoms with Crippen molar-refractivity contribution in [2.24, 2.45) is 0 Å². The van der Waals surface area contributed by atoms with E-state index in [0.29, 0.717) is 0 Å². The Morgan fingerprint density at radius 2 is 1.82 bits per heavy atom. The van der Waals surface area contributed by atoms with E-state index in [2.05, 4.69) is 20.7 Å². The molecule has 0 atom stereocenters. The Morgan fingerprint density at radius 3 is 2.18 bits per heavy atom.